The van der Waals surface area contributed by atoms with Crippen molar-refractivity contribution in [3.05, 3.63) is 18.2 Å². The maximum Gasteiger partial charge on any atom is 0.407 e. The monoisotopic (exact) mass is 268 g/mol. The van der Waals surface area contributed by atoms with Crippen molar-refractivity contribution in [1.29, 1.82) is 0 Å². The van der Waals surface area contributed by atoms with Crippen LogP contribution in [0.15, 0.2) is 12.5 Å². The zero-order valence-electron chi connectivity index (χ0n) is 12.2. The fraction of sp³-hybridized carbons (Fsp3) is 0.692. The lowest BCUT2D eigenvalue weighted by molar-refractivity contribution is 0.0528. The number of aromatic nitrogens is 2. The first-order chi connectivity index (χ1) is 8.92. The fourth-order valence-electron chi connectivity index (χ4n) is 1.56. The summed E-state index contributed by atoms with van der Waals surface area (Å²) in [5.74, 6) is 0. The van der Waals surface area contributed by atoms with Crippen LogP contribution in [0.2, 0.25) is 0 Å². The number of amides is 1. The Labute approximate surface area is 114 Å². The normalized spacial score (nSPS) is 11.4. The van der Waals surface area contributed by atoms with E-state index >= 15 is 0 Å². The van der Waals surface area contributed by atoms with Gasteiger partial charge in [-0.1, -0.05) is 0 Å². The van der Waals surface area contributed by atoms with Crippen LogP contribution in [0.4, 0.5) is 4.79 Å². The molecule has 0 radical (unpaired) electrons. The van der Waals surface area contributed by atoms with Crippen molar-refractivity contribution in [3.63, 3.8) is 0 Å². The molecule has 2 N–H and O–H groups in total. The van der Waals surface area contributed by atoms with E-state index in [0.717, 1.165) is 18.8 Å². The van der Waals surface area contributed by atoms with Crippen molar-refractivity contribution in [2.24, 2.45) is 0 Å². The maximum atomic E-state index is 11.4. The number of carbonyl (C=O) groups is 1. The second kappa shape index (κ2) is 7.13. The molecule has 0 aliphatic carbocycles. The van der Waals surface area contributed by atoms with Crippen LogP contribution < -0.4 is 10.6 Å². The van der Waals surface area contributed by atoms with Crippen molar-refractivity contribution in [2.75, 3.05) is 13.1 Å². The Morgan fingerprint density at radius 3 is 2.79 bits per heavy atom. The van der Waals surface area contributed by atoms with Gasteiger partial charge in [0.25, 0.3) is 0 Å². The van der Waals surface area contributed by atoms with E-state index in [2.05, 4.69) is 27.1 Å². The van der Waals surface area contributed by atoms with Gasteiger partial charge in [-0.2, -0.15) is 0 Å². The van der Waals surface area contributed by atoms with E-state index < -0.39 is 5.60 Å². The van der Waals surface area contributed by atoms with Crippen molar-refractivity contribution < 1.29 is 9.53 Å². The zero-order chi connectivity index (χ0) is 14.3. The van der Waals surface area contributed by atoms with Gasteiger partial charge in [0.05, 0.1) is 12.0 Å². The lowest BCUT2D eigenvalue weighted by atomic mass is 10.2. The van der Waals surface area contributed by atoms with Gasteiger partial charge in [-0.25, -0.2) is 9.78 Å². The molecular formula is C13H24N4O2. The molecule has 0 saturated carbocycles. The smallest absolute Gasteiger partial charge is 0.407 e. The van der Waals surface area contributed by atoms with Crippen LogP contribution in [0.5, 0.6) is 0 Å². The van der Waals surface area contributed by atoms with Crippen LogP contribution in [-0.2, 0) is 17.8 Å². The van der Waals surface area contributed by atoms with Gasteiger partial charge < -0.3 is 19.9 Å². The van der Waals surface area contributed by atoms with Gasteiger partial charge in [-0.15, -0.1) is 0 Å². The van der Waals surface area contributed by atoms with Gasteiger partial charge in [0.2, 0.25) is 0 Å². The minimum Gasteiger partial charge on any atom is -0.444 e. The van der Waals surface area contributed by atoms with Crippen LogP contribution in [-0.4, -0.2) is 34.3 Å². The van der Waals surface area contributed by atoms with E-state index in [4.69, 9.17) is 4.74 Å². The number of alkyl carbamates (subject to hydrolysis) is 1. The minimum atomic E-state index is -0.453. The summed E-state index contributed by atoms with van der Waals surface area (Å²) < 4.78 is 7.21. The summed E-state index contributed by atoms with van der Waals surface area (Å²) in [5.41, 5.74) is 0.685. The number of imidazole rings is 1. The number of rotatable bonds is 6. The Morgan fingerprint density at radius 1 is 1.42 bits per heavy atom. The molecule has 1 rings (SSSR count). The summed E-state index contributed by atoms with van der Waals surface area (Å²) in [6.07, 6.45) is 3.28. The van der Waals surface area contributed by atoms with Crippen LogP contribution in [0, 0.1) is 0 Å². The molecule has 0 unspecified atom stereocenters. The van der Waals surface area contributed by atoms with Crippen molar-refractivity contribution in [1.82, 2.24) is 20.2 Å². The summed E-state index contributed by atoms with van der Waals surface area (Å²) in [7, 11) is 0. The van der Waals surface area contributed by atoms with E-state index in [1.165, 1.54) is 0 Å². The number of aryl methyl sites for hydroxylation is 1. The molecule has 1 aromatic rings. The highest BCUT2D eigenvalue weighted by molar-refractivity contribution is 5.67. The summed E-state index contributed by atoms with van der Waals surface area (Å²) in [5, 5.41) is 5.95. The Kier molecular flexibility index (Phi) is 5.82. The third kappa shape index (κ3) is 6.24. The third-order valence-corrected chi connectivity index (χ3v) is 2.42. The molecule has 0 aliphatic rings. The van der Waals surface area contributed by atoms with E-state index in [1.54, 1.807) is 0 Å². The summed E-state index contributed by atoms with van der Waals surface area (Å²) in [6, 6.07) is 0. The van der Waals surface area contributed by atoms with Crippen LogP contribution >= 0.6 is 0 Å². The third-order valence-electron chi connectivity index (χ3n) is 2.42. The highest BCUT2D eigenvalue weighted by Crippen LogP contribution is 2.06. The van der Waals surface area contributed by atoms with Crippen LogP contribution in [0.1, 0.15) is 33.4 Å². The van der Waals surface area contributed by atoms with Crippen LogP contribution in [0.25, 0.3) is 0 Å². The highest BCUT2D eigenvalue weighted by Gasteiger charge is 2.15. The molecule has 1 heterocycles. The first-order valence-electron chi connectivity index (χ1n) is 6.59. The molecular weight excluding hydrogens is 244 g/mol. The Balaban J connectivity index is 2.13. The van der Waals surface area contributed by atoms with Gasteiger partial charge in [-0.3, -0.25) is 0 Å². The average molecular weight is 268 g/mol. The predicted molar refractivity (Wildman–Crippen MR) is 73.8 cm³/mol. The van der Waals surface area contributed by atoms with Gasteiger partial charge in [0.15, 0.2) is 0 Å². The standard InChI is InChI=1S/C13H24N4O2/c1-5-17-10-15-9-11(17)8-14-6-7-16-12(18)19-13(2,3)4/h9-10,14H,5-8H2,1-4H3,(H,16,18). The number of hydrogen-bond donors (Lipinski definition) is 2. The second-order valence-corrected chi connectivity index (χ2v) is 5.28. The molecule has 0 spiro atoms. The molecule has 0 saturated heterocycles. The molecule has 0 aliphatic heterocycles. The summed E-state index contributed by atoms with van der Waals surface area (Å²) in [4.78, 5) is 15.5. The molecule has 19 heavy (non-hydrogen) atoms. The first kappa shape index (κ1) is 15.5. The molecule has 0 atom stereocenters. The Bertz CT molecular complexity index is 396. The van der Waals surface area contributed by atoms with Gasteiger partial charge in [0.1, 0.15) is 5.60 Å². The molecule has 6 nitrogen and oxygen atoms in total. The topological polar surface area (TPSA) is 68.2 Å². The second-order valence-electron chi connectivity index (χ2n) is 5.28. The van der Waals surface area contributed by atoms with E-state index in [0.29, 0.717) is 13.1 Å². The van der Waals surface area contributed by atoms with Crippen molar-refractivity contribution >= 4 is 6.09 Å². The molecule has 0 bridgehead atoms. The lowest BCUT2D eigenvalue weighted by Crippen LogP contribution is -2.36. The summed E-state index contributed by atoms with van der Waals surface area (Å²) in [6.45, 7) is 10.5. The molecule has 0 aromatic carbocycles. The highest BCUT2D eigenvalue weighted by atomic mass is 16.6. The Morgan fingerprint density at radius 2 is 2.16 bits per heavy atom. The van der Waals surface area contributed by atoms with Gasteiger partial charge in [0, 0.05) is 32.4 Å². The van der Waals surface area contributed by atoms with E-state index in [-0.39, 0.29) is 6.09 Å². The molecule has 1 amide bonds. The summed E-state index contributed by atoms with van der Waals surface area (Å²) >= 11 is 0. The predicted octanol–water partition coefficient (Wildman–Crippen LogP) is 1.52. The molecule has 0 fully saturated rings. The quantitative estimate of drug-likeness (QED) is 0.768. The van der Waals surface area contributed by atoms with Gasteiger partial charge >= 0.3 is 6.09 Å². The molecule has 108 valence electrons. The molecule has 6 heteroatoms. The zero-order valence-corrected chi connectivity index (χ0v) is 12.2. The van der Waals surface area contributed by atoms with Crippen molar-refractivity contribution in [2.45, 2.75) is 46.4 Å². The lowest BCUT2D eigenvalue weighted by Gasteiger charge is -2.19. The first-order valence-corrected chi connectivity index (χ1v) is 6.59. The average Bonchev–Trinajstić information content (AvgIpc) is 2.73. The van der Waals surface area contributed by atoms with Gasteiger partial charge in [-0.05, 0) is 27.7 Å². The van der Waals surface area contributed by atoms with E-state index in [1.807, 2.05) is 33.3 Å². The number of nitrogens with one attached hydrogen (secondary N) is 2. The number of nitrogens with zero attached hydrogens (tertiary/aromatic N) is 2. The minimum absolute atomic E-state index is 0.382. The largest absolute Gasteiger partial charge is 0.444 e. The fourth-order valence-corrected chi connectivity index (χ4v) is 1.56. The molecule has 1 aromatic heterocycles. The van der Waals surface area contributed by atoms with Crippen LogP contribution in [0.3, 0.4) is 0 Å². The maximum absolute atomic E-state index is 11.4. The Hall–Kier alpha value is -1.56. The SMILES string of the molecule is CCn1cncc1CNCCNC(=O)OC(C)(C)C. The van der Waals surface area contributed by atoms with Crippen molar-refractivity contribution in [3.8, 4) is 0 Å². The van der Waals surface area contributed by atoms with E-state index in [9.17, 15) is 4.79 Å². The number of hydrogen-bond acceptors (Lipinski definition) is 4. The number of carbonyl (C=O) groups excluding carboxylic acids is 1. The number of ether oxygens (including phenoxy) is 1.